The Morgan fingerprint density at radius 1 is 0.759 bits per heavy atom. The molecule has 0 amide bonds. The first-order chi connectivity index (χ1) is 14.0. The zero-order valence-electron chi connectivity index (χ0n) is 17.2. The van der Waals surface area contributed by atoms with Crippen LogP contribution in [-0.4, -0.2) is 54.5 Å². The van der Waals surface area contributed by atoms with Crippen LogP contribution in [0.3, 0.4) is 0 Å². The van der Waals surface area contributed by atoms with Gasteiger partial charge in [-0.1, -0.05) is 0 Å². The predicted molar refractivity (Wildman–Crippen MR) is 103 cm³/mol. The molecule has 8 nitrogen and oxygen atoms in total. The van der Waals surface area contributed by atoms with E-state index in [0.29, 0.717) is 45.9 Å². The van der Waals surface area contributed by atoms with E-state index in [-0.39, 0.29) is 5.78 Å². The number of hydrogen-bond donors (Lipinski definition) is 0. The van der Waals surface area contributed by atoms with Crippen molar-refractivity contribution >= 4 is 11.5 Å². The molecule has 29 heavy (non-hydrogen) atoms. The molecule has 0 fully saturated rings. The number of benzene rings is 1. The molecule has 0 N–H and O–H groups in total. The summed E-state index contributed by atoms with van der Waals surface area (Å²) in [6.07, 6.45) is 0.657. The number of rotatable bonds is 7. The Labute approximate surface area is 169 Å². The lowest BCUT2D eigenvalue weighted by molar-refractivity contribution is -0.123. The van der Waals surface area contributed by atoms with Gasteiger partial charge in [-0.05, 0) is 18.2 Å². The standard InChI is InChI=1S/C21H24O8/c1-23-13-8-7-11(9-15(13)24-2)14-10-12(22)16-17(25-3)19(26-4)21(28-6)20(27-5)18(16)29-14/h7-10,16,18H,1-6H3/t16-,18+/m0/s1. The second-order valence-corrected chi connectivity index (χ2v) is 6.20. The Kier molecular flexibility index (Phi) is 5.91. The first kappa shape index (κ1) is 20.4. The van der Waals surface area contributed by atoms with Crippen molar-refractivity contribution in [1.29, 1.82) is 0 Å². The number of ketones is 1. The number of carbonyl (C=O) groups excluding carboxylic acids is 1. The molecule has 1 aromatic rings. The monoisotopic (exact) mass is 404 g/mol. The minimum absolute atomic E-state index is 0.206. The molecule has 1 aromatic carbocycles. The third kappa shape index (κ3) is 3.35. The molecule has 0 saturated carbocycles. The van der Waals surface area contributed by atoms with Crippen molar-refractivity contribution in [3.8, 4) is 11.5 Å². The zero-order valence-corrected chi connectivity index (χ0v) is 17.2. The Hall–Kier alpha value is -3.29. The molecule has 2 aliphatic rings. The van der Waals surface area contributed by atoms with Crippen LogP contribution in [0.1, 0.15) is 5.56 Å². The fourth-order valence-electron chi connectivity index (χ4n) is 3.53. The average molecular weight is 404 g/mol. The van der Waals surface area contributed by atoms with Crippen LogP contribution in [0.4, 0.5) is 0 Å². The molecule has 8 heteroatoms. The van der Waals surface area contributed by atoms with Crippen molar-refractivity contribution in [2.24, 2.45) is 5.92 Å². The first-order valence-electron chi connectivity index (χ1n) is 8.83. The number of ether oxygens (including phenoxy) is 7. The molecular formula is C21H24O8. The zero-order chi connectivity index (χ0) is 21.1. The maximum absolute atomic E-state index is 13.1. The van der Waals surface area contributed by atoms with Crippen LogP contribution in [0.15, 0.2) is 47.3 Å². The van der Waals surface area contributed by atoms with Crippen molar-refractivity contribution in [3.05, 3.63) is 52.9 Å². The summed E-state index contributed by atoms with van der Waals surface area (Å²) in [5, 5.41) is 0. The maximum atomic E-state index is 13.1. The topological polar surface area (TPSA) is 81.7 Å². The Morgan fingerprint density at radius 2 is 1.38 bits per heavy atom. The van der Waals surface area contributed by atoms with Gasteiger partial charge in [0.05, 0.1) is 42.7 Å². The van der Waals surface area contributed by atoms with E-state index in [1.54, 1.807) is 32.4 Å². The molecular weight excluding hydrogens is 380 g/mol. The van der Waals surface area contributed by atoms with Gasteiger partial charge in [-0.25, -0.2) is 0 Å². The Morgan fingerprint density at radius 3 is 1.93 bits per heavy atom. The highest BCUT2D eigenvalue weighted by Crippen LogP contribution is 2.43. The highest BCUT2D eigenvalue weighted by atomic mass is 16.6. The van der Waals surface area contributed by atoms with E-state index in [1.165, 1.54) is 34.5 Å². The SMILES string of the molecule is COC1=C(OC)[C@@H]2C(=O)C=C(c3ccc(OC)c(OC)c3)O[C@H]2C(OC)=C1OC. The van der Waals surface area contributed by atoms with Gasteiger partial charge in [-0.15, -0.1) is 0 Å². The van der Waals surface area contributed by atoms with Gasteiger partial charge in [0.25, 0.3) is 0 Å². The molecule has 0 aromatic heterocycles. The second-order valence-electron chi connectivity index (χ2n) is 6.20. The van der Waals surface area contributed by atoms with Crippen molar-refractivity contribution in [3.63, 3.8) is 0 Å². The third-order valence-corrected chi connectivity index (χ3v) is 4.85. The number of carbonyl (C=O) groups is 1. The van der Waals surface area contributed by atoms with Crippen molar-refractivity contribution in [2.45, 2.75) is 6.10 Å². The second kappa shape index (κ2) is 8.38. The molecule has 2 atom stereocenters. The number of allylic oxidation sites excluding steroid dienone is 1. The van der Waals surface area contributed by atoms with Gasteiger partial charge in [0, 0.05) is 11.6 Å². The predicted octanol–water partition coefficient (Wildman–Crippen LogP) is 2.65. The summed E-state index contributed by atoms with van der Waals surface area (Å²) in [4.78, 5) is 13.1. The van der Waals surface area contributed by atoms with Crippen LogP contribution in [0, 0.1) is 5.92 Å². The number of fused-ring (bicyclic) bond motifs is 1. The quantitative estimate of drug-likeness (QED) is 0.686. The van der Waals surface area contributed by atoms with E-state index < -0.39 is 12.0 Å². The van der Waals surface area contributed by atoms with E-state index in [4.69, 9.17) is 33.2 Å². The van der Waals surface area contributed by atoms with Crippen LogP contribution in [0.5, 0.6) is 11.5 Å². The third-order valence-electron chi connectivity index (χ3n) is 4.85. The van der Waals surface area contributed by atoms with Gasteiger partial charge >= 0.3 is 0 Å². The largest absolute Gasteiger partial charge is 0.496 e. The molecule has 0 unspecified atom stereocenters. The van der Waals surface area contributed by atoms with Crippen LogP contribution >= 0.6 is 0 Å². The smallest absolute Gasteiger partial charge is 0.206 e. The van der Waals surface area contributed by atoms with Crippen LogP contribution in [0.2, 0.25) is 0 Å². The minimum atomic E-state index is -0.774. The summed E-state index contributed by atoms with van der Waals surface area (Å²) in [5.41, 5.74) is 0.657. The van der Waals surface area contributed by atoms with Crippen molar-refractivity contribution in [1.82, 2.24) is 0 Å². The normalized spacial score (nSPS) is 21.0. The Bertz CT molecular complexity index is 896. The van der Waals surface area contributed by atoms with E-state index in [0.717, 1.165) is 0 Å². The minimum Gasteiger partial charge on any atom is -0.496 e. The molecule has 0 radical (unpaired) electrons. The fourth-order valence-corrected chi connectivity index (χ4v) is 3.53. The lowest BCUT2D eigenvalue weighted by Crippen LogP contribution is -2.41. The molecule has 156 valence electrons. The van der Waals surface area contributed by atoms with Gasteiger partial charge in [-0.3, -0.25) is 4.79 Å². The van der Waals surface area contributed by atoms with Crippen LogP contribution in [-0.2, 0) is 28.5 Å². The highest BCUT2D eigenvalue weighted by molar-refractivity contribution is 6.01. The number of methoxy groups -OCH3 is 6. The van der Waals surface area contributed by atoms with E-state index >= 15 is 0 Å². The lowest BCUT2D eigenvalue weighted by Gasteiger charge is -2.37. The molecule has 3 rings (SSSR count). The summed E-state index contributed by atoms with van der Waals surface area (Å²) < 4.78 is 38.7. The summed E-state index contributed by atoms with van der Waals surface area (Å²) in [6, 6.07) is 5.26. The van der Waals surface area contributed by atoms with Gasteiger partial charge < -0.3 is 33.2 Å². The lowest BCUT2D eigenvalue weighted by atomic mass is 9.85. The average Bonchev–Trinajstić information content (AvgIpc) is 2.76. The maximum Gasteiger partial charge on any atom is 0.206 e. The van der Waals surface area contributed by atoms with E-state index in [2.05, 4.69) is 0 Å². The van der Waals surface area contributed by atoms with Gasteiger partial charge in [0.2, 0.25) is 11.5 Å². The van der Waals surface area contributed by atoms with Gasteiger partial charge in [-0.2, -0.15) is 0 Å². The summed E-state index contributed by atoms with van der Waals surface area (Å²) in [7, 11) is 9.00. The molecule has 0 bridgehead atoms. The summed E-state index contributed by atoms with van der Waals surface area (Å²) >= 11 is 0. The highest BCUT2D eigenvalue weighted by Gasteiger charge is 2.48. The molecule has 0 saturated heterocycles. The van der Waals surface area contributed by atoms with Crippen molar-refractivity contribution < 1.29 is 38.0 Å². The Balaban J connectivity index is 2.11. The van der Waals surface area contributed by atoms with Crippen molar-refractivity contribution in [2.75, 3.05) is 42.7 Å². The molecule has 1 heterocycles. The molecule has 1 aliphatic carbocycles. The number of hydrogen-bond acceptors (Lipinski definition) is 8. The fraction of sp³-hybridized carbons (Fsp3) is 0.381. The van der Waals surface area contributed by atoms with E-state index in [9.17, 15) is 4.79 Å². The molecule has 0 spiro atoms. The van der Waals surface area contributed by atoms with E-state index in [1.807, 2.05) is 0 Å². The first-order valence-corrected chi connectivity index (χ1v) is 8.83. The molecule has 1 aliphatic heterocycles. The van der Waals surface area contributed by atoms with Crippen LogP contribution < -0.4 is 9.47 Å². The summed E-state index contributed by atoms with van der Waals surface area (Å²) in [5.74, 6) is 1.78. The van der Waals surface area contributed by atoms with Gasteiger partial charge in [0.15, 0.2) is 34.9 Å². The van der Waals surface area contributed by atoms with Gasteiger partial charge in [0.1, 0.15) is 11.7 Å². The summed E-state index contributed by atoms with van der Waals surface area (Å²) in [6.45, 7) is 0. The van der Waals surface area contributed by atoms with Crippen LogP contribution in [0.25, 0.3) is 5.76 Å².